The molecule has 8 heteroatoms. The van der Waals surface area contributed by atoms with Crippen molar-refractivity contribution in [3.05, 3.63) is 65.5 Å². The molecule has 0 radical (unpaired) electrons. The molecule has 0 spiro atoms. The molecule has 0 bridgehead atoms. The van der Waals surface area contributed by atoms with Gasteiger partial charge in [-0.2, -0.15) is 9.57 Å². The SMILES string of the molecule is N#Cc1ccccc1S(=O)(=O)N1CCC(C(=O)N2CCCC2c2ccc(F)cc2)CC1. The van der Waals surface area contributed by atoms with E-state index in [1.807, 2.05) is 11.0 Å². The number of carbonyl (C=O) groups is 1. The number of likely N-dealkylation sites (tertiary alicyclic amines) is 1. The fourth-order valence-corrected chi connectivity index (χ4v) is 6.17. The van der Waals surface area contributed by atoms with Crippen molar-refractivity contribution >= 4 is 15.9 Å². The van der Waals surface area contributed by atoms with Gasteiger partial charge in [0.15, 0.2) is 0 Å². The van der Waals surface area contributed by atoms with Gasteiger partial charge in [-0.25, -0.2) is 12.8 Å². The number of nitriles is 1. The maximum atomic E-state index is 13.3. The van der Waals surface area contributed by atoms with Gasteiger partial charge in [0.05, 0.1) is 16.5 Å². The van der Waals surface area contributed by atoms with Crippen LogP contribution < -0.4 is 0 Å². The lowest BCUT2D eigenvalue weighted by Gasteiger charge is -2.34. The zero-order valence-corrected chi connectivity index (χ0v) is 17.9. The molecule has 6 nitrogen and oxygen atoms in total. The Morgan fingerprint density at radius 2 is 1.68 bits per heavy atom. The summed E-state index contributed by atoms with van der Waals surface area (Å²) in [5.41, 5.74) is 1.06. The molecule has 2 aliphatic rings. The van der Waals surface area contributed by atoms with Gasteiger partial charge >= 0.3 is 0 Å². The number of sulfonamides is 1. The molecular formula is C23H24FN3O3S. The number of hydrogen-bond acceptors (Lipinski definition) is 4. The van der Waals surface area contributed by atoms with Crippen molar-refractivity contribution in [3.63, 3.8) is 0 Å². The first-order valence-electron chi connectivity index (χ1n) is 10.5. The molecule has 31 heavy (non-hydrogen) atoms. The van der Waals surface area contributed by atoms with Crippen LogP contribution in [0.5, 0.6) is 0 Å². The molecule has 2 fully saturated rings. The summed E-state index contributed by atoms with van der Waals surface area (Å²) in [6, 6.07) is 14.3. The molecule has 0 aromatic heterocycles. The van der Waals surface area contributed by atoms with Crippen LogP contribution in [-0.2, 0) is 14.8 Å². The average Bonchev–Trinajstić information content (AvgIpc) is 3.29. The molecule has 0 saturated carbocycles. The van der Waals surface area contributed by atoms with Crippen molar-refractivity contribution in [1.29, 1.82) is 5.26 Å². The molecule has 0 aliphatic carbocycles. The molecule has 2 saturated heterocycles. The smallest absolute Gasteiger partial charge is 0.244 e. The molecular weight excluding hydrogens is 417 g/mol. The third kappa shape index (κ3) is 4.21. The van der Waals surface area contributed by atoms with Gasteiger partial charge in [0.2, 0.25) is 15.9 Å². The number of amides is 1. The topological polar surface area (TPSA) is 81.5 Å². The summed E-state index contributed by atoms with van der Waals surface area (Å²) in [6.45, 7) is 1.15. The normalized spacial score (nSPS) is 20.5. The maximum Gasteiger partial charge on any atom is 0.244 e. The second-order valence-corrected chi connectivity index (χ2v) is 9.93. The van der Waals surface area contributed by atoms with E-state index in [-0.39, 0.29) is 47.2 Å². The van der Waals surface area contributed by atoms with Crippen molar-refractivity contribution < 1.29 is 17.6 Å². The lowest BCUT2D eigenvalue weighted by atomic mass is 9.95. The largest absolute Gasteiger partial charge is 0.335 e. The minimum atomic E-state index is -3.78. The van der Waals surface area contributed by atoms with E-state index in [4.69, 9.17) is 0 Å². The zero-order chi connectivity index (χ0) is 22.0. The summed E-state index contributed by atoms with van der Waals surface area (Å²) in [6.07, 6.45) is 2.63. The van der Waals surface area contributed by atoms with Gasteiger partial charge in [0.1, 0.15) is 11.9 Å². The first kappa shape index (κ1) is 21.5. The Morgan fingerprint density at radius 3 is 2.35 bits per heavy atom. The minimum absolute atomic E-state index is 0.0122. The Hall–Kier alpha value is -2.76. The molecule has 2 aromatic carbocycles. The van der Waals surface area contributed by atoms with Crippen molar-refractivity contribution in [2.24, 2.45) is 5.92 Å². The molecule has 162 valence electrons. The van der Waals surface area contributed by atoms with Gasteiger partial charge in [-0.05, 0) is 55.5 Å². The van der Waals surface area contributed by atoms with E-state index in [9.17, 15) is 22.9 Å². The first-order valence-corrected chi connectivity index (χ1v) is 11.9. The molecule has 1 amide bonds. The van der Waals surface area contributed by atoms with Crippen LogP contribution in [0.2, 0.25) is 0 Å². The number of nitrogens with zero attached hydrogens (tertiary/aromatic N) is 3. The summed E-state index contributed by atoms with van der Waals surface area (Å²) < 4.78 is 40.7. The Labute approximate surface area is 181 Å². The highest BCUT2D eigenvalue weighted by Crippen LogP contribution is 2.35. The molecule has 2 aliphatic heterocycles. The second-order valence-electron chi connectivity index (χ2n) is 8.03. The second kappa shape index (κ2) is 8.77. The average molecular weight is 442 g/mol. The Kier molecular flexibility index (Phi) is 6.08. The third-order valence-electron chi connectivity index (χ3n) is 6.22. The van der Waals surface area contributed by atoms with E-state index in [0.29, 0.717) is 19.4 Å². The quantitative estimate of drug-likeness (QED) is 0.728. The van der Waals surface area contributed by atoms with Crippen LogP contribution in [0.1, 0.15) is 42.9 Å². The van der Waals surface area contributed by atoms with Gasteiger partial charge in [-0.3, -0.25) is 4.79 Å². The Morgan fingerprint density at radius 1 is 1.00 bits per heavy atom. The zero-order valence-electron chi connectivity index (χ0n) is 17.1. The van der Waals surface area contributed by atoms with Crippen molar-refractivity contribution in [2.45, 2.75) is 36.6 Å². The van der Waals surface area contributed by atoms with Gasteiger partial charge in [0, 0.05) is 25.6 Å². The molecule has 2 aromatic rings. The van der Waals surface area contributed by atoms with Crippen LogP contribution in [0.4, 0.5) is 4.39 Å². The van der Waals surface area contributed by atoms with E-state index in [2.05, 4.69) is 0 Å². The number of hydrogen-bond donors (Lipinski definition) is 0. The van der Waals surface area contributed by atoms with Crippen molar-refractivity contribution in [2.75, 3.05) is 19.6 Å². The lowest BCUT2D eigenvalue weighted by Crippen LogP contribution is -2.44. The molecule has 1 atom stereocenters. The Bertz CT molecular complexity index is 1100. The minimum Gasteiger partial charge on any atom is -0.335 e. The Balaban J connectivity index is 1.44. The van der Waals surface area contributed by atoms with Crippen LogP contribution in [0.25, 0.3) is 0 Å². The predicted molar refractivity (Wildman–Crippen MR) is 113 cm³/mol. The van der Waals surface area contributed by atoms with Crippen LogP contribution in [0.3, 0.4) is 0 Å². The van der Waals surface area contributed by atoms with Crippen molar-refractivity contribution in [1.82, 2.24) is 9.21 Å². The summed E-state index contributed by atoms with van der Waals surface area (Å²) in [7, 11) is -3.78. The lowest BCUT2D eigenvalue weighted by molar-refractivity contribution is -0.137. The number of piperidine rings is 1. The number of benzene rings is 2. The summed E-state index contributed by atoms with van der Waals surface area (Å²) in [4.78, 5) is 15.1. The van der Waals surface area contributed by atoms with Gasteiger partial charge in [-0.15, -0.1) is 0 Å². The van der Waals surface area contributed by atoms with Crippen LogP contribution in [0.15, 0.2) is 53.4 Å². The summed E-state index contributed by atoms with van der Waals surface area (Å²) in [5, 5.41) is 9.25. The summed E-state index contributed by atoms with van der Waals surface area (Å²) in [5.74, 6) is -0.494. The van der Waals surface area contributed by atoms with E-state index in [1.54, 1.807) is 24.3 Å². The fraction of sp³-hybridized carbons (Fsp3) is 0.391. The van der Waals surface area contributed by atoms with Gasteiger partial charge in [-0.1, -0.05) is 24.3 Å². The van der Waals surface area contributed by atoms with E-state index in [1.165, 1.54) is 28.6 Å². The standard InChI is InChI=1S/C23H24FN3O3S/c24-20-9-7-17(8-10-20)21-5-3-13-27(21)23(28)18-11-14-26(15-12-18)31(29,30)22-6-2-1-4-19(22)16-25/h1-2,4,6-10,18,21H,3,5,11-15H2. The molecule has 4 rings (SSSR count). The molecule has 1 unspecified atom stereocenters. The highest BCUT2D eigenvalue weighted by atomic mass is 32.2. The van der Waals surface area contributed by atoms with Gasteiger partial charge in [0.25, 0.3) is 0 Å². The van der Waals surface area contributed by atoms with E-state index < -0.39 is 10.0 Å². The fourth-order valence-electron chi connectivity index (χ4n) is 4.56. The first-order chi connectivity index (χ1) is 14.9. The van der Waals surface area contributed by atoms with Crippen LogP contribution in [0, 0.1) is 23.1 Å². The number of carbonyl (C=O) groups excluding carboxylic acids is 1. The van der Waals surface area contributed by atoms with Crippen LogP contribution >= 0.6 is 0 Å². The van der Waals surface area contributed by atoms with Gasteiger partial charge < -0.3 is 4.90 Å². The van der Waals surface area contributed by atoms with E-state index in [0.717, 1.165) is 18.4 Å². The van der Waals surface area contributed by atoms with Crippen LogP contribution in [-0.4, -0.2) is 43.2 Å². The number of halogens is 1. The molecule has 0 N–H and O–H groups in total. The summed E-state index contributed by atoms with van der Waals surface area (Å²) >= 11 is 0. The monoisotopic (exact) mass is 441 g/mol. The maximum absolute atomic E-state index is 13.3. The number of rotatable bonds is 4. The van der Waals surface area contributed by atoms with E-state index >= 15 is 0 Å². The van der Waals surface area contributed by atoms with Crippen molar-refractivity contribution in [3.8, 4) is 6.07 Å². The third-order valence-corrected chi connectivity index (χ3v) is 8.18. The highest BCUT2D eigenvalue weighted by molar-refractivity contribution is 7.89. The highest BCUT2D eigenvalue weighted by Gasteiger charge is 2.38. The molecule has 2 heterocycles. The predicted octanol–water partition coefficient (Wildman–Crippen LogP) is 3.46.